The van der Waals surface area contributed by atoms with Crippen molar-refractivity contribution in [3.63, 3.8) is 0 Å². The SMILES string of the molecule is Cc1ccc2[nH]c3c(c2c1)C(c1cccc(NCCN)c1)=CCN3. The Morgan fingerprint density at radius 3 is 2.96 bits per heavy atom. The average Bonchev–Trinajstić information content (AvgIpc) is 2.98. The van der Waals surface area contributed by atoms with E-state index in [-0.39, 0.29) is 0 Å². The second-order valence-corrected chi connectivity index (χ2v) is 6.22. The van der Waals surface area contributed by atoms with E-state index < -0.39 is 0 Å². The summed E-state index contributed by atoms with van der Waals surface area (Å²) in [4.78, 5) is 3.51. The van der Waals surface area contributed by atoms with Crippen molar-refractivity contribution in [2.45, 2.75) is 6.92 Å². The molecule has 5 N–H and O–H groups in total. The van der Waals surface area contributed by atoms with E-state index in [2.05, 4.69) is 71.1 Å². The smallest absolute Gasteiger partial charge is 0.112 e. The van der Waals surface area contributed by atoms with Crippen LogP contribution in [0.25, 0.3) is 16.5 Å². The second-order valence-electron chi connectivity index (χ2n) is 6.22. The van der Waals surface area contributed by atoms with Crippen LogP contribution in [0.2, 0.25) is 0 Å². The molecule has 2 heterocycles. The summed E-state index contributed by atoms with van der Waals surface area (Å²) in [5, 5.41) is 8.09. The maximum absolute atomic E-state index is 5.60. The lowest BCUT2D eigenvalue weighted by atomic mass is 9.94. The van der Waals surface area contributed by atoms with Crippen LogP contribution >= 0.6 is 0 Å². The van der Waals surface area contributed by atoms with E-state index in [1.54, 1.807) is 0 Å². The standard InChI is InChI=1S/C20H22N4/c1-13-5-6-18-17(11-13)19-16(7-9-23-20(19)24-18)14-3-2-4-15(12-14)22-10-8-21/h2-7,11-12,22-24H,8-10,21H2,1H3. The number of hydrogen-bond donors (Lipinski definition) is 4. The monoisotopic (exact) mass is 318 g/mol. The van der Waals surface area contributed by atoms with Crippen molar-refractivity contribution in [3.05, 3.63) is 65.2 Å². The van der Waals surface area contributed by atoms with Gasteiger partial charge < -0.3 is 21.4 Å². The Hall–Kier alpha value is -2.72. The van der Waals surface area contributed by atoms with Crippen molar-refractivity contribution in [2.75, 3.05) is 30.3 Å². The number of H-pyrrole nitrogens is 1. The minimum atomic E-state index is 0.628. The molecule has 1 aliphatic rings. The highest BCUT2D eigenvalue weighted by Gasteiger charge is 2.19. The Bertz CT molecular complexity index is 921. The Balaban J connectivity index is 1.82. The predicted molar refractivity (Wildman–Crippen MR) is 103 cm³/mol. The minimum Gasteiger partial charge on any atom is -0.384 e. The molecule has 0 radical (unpaired) electrons. The van der Waals surface area contributed by atoms with Crippen LogP contribution in [0, 0.1) is 6.92 Å². The Kier molecular flexibility index (Phi) is 3.75. The van der Waals surface area contributed by atoms with Crippen LogP contribution in [0.5, 0.6) is 0 Å². The molecule has 2 aromatic carbocycles. The molecule has 4 heteroatoms. The Morgan fingerprint density at radius 1 is 1.17 bits per heavy atom. The van der Waals surface area contributed by atoms with Crippen LogP contribution in [0.15, 0.2) is 48.5 Å². The number of aromatic amines is 1. The zero-order valence-corrected chi connectivity index (χ0v) is 13.8. The largest absolute Gasteiger partial charge is 0.384 e. The molecule has 1 aromatic heterocycles. The van der Waals surface area contributed by atoms with Gasteiger partial charge in [0.15, 0.2) is 0 Å². The summed E-state index contributed by atoms with van der Waals surface area (Å²) in [5.41, 5.74) is 12.9. The number of rotatable bonds is 4. The molecule has 0 saturated carbocycles. The Labute approximate surface area is 141 Å². The molecule has 0 aliphatic carbocycles. The summed E-state index contributed by atoms with van der Waals surface area (Å²) >= 11 is 0. The lowest BCUT2D eigenvalue weighted by molar-refractivity contribution is 1.02. The van der Waals surface area contributed by atoms with Gasteiger partial charge in [0.25, 0.3) is 0 Å². The molecule has 0 bridgehead atoms. The molecule has 4 rings (SSSR count). The number of nitrogens with one attached hydrogen (secondary N) is 3. The fraction of sp³-hybridized carbons (Fsp3) is 0.200. The van der Waals surface area contributed by atoms with Gasteiger partial charge in [0, 0.05) is 41.8 Å². The maximum Gasteiger partial charge on any atom is 0.112 e. The molecule has 4 nitrogen and oxygen atoms in total. The van der Waals surface area contributed by atoms with Crippen LogP contribution < -0.4 is 16.4 Å². The summed E-state index contributed by atoms with van der Waals surface area (Å²) in [6.07, 6.45) is 2.26. The van der Waals surface area contributed by atoms with Crippen LogP contribution in [0.1, 0.15) is 16.7 Å². The minimum absolute atomic E-state index is 0.628. The molecule has 0 atom stereocenters. The third-order valence-corrected chi connectivity index (χ3v) is 4.46. The molecule has 24 heavy (non-hydrogen) atoms. The molecular weight excluding hydrogens is 296 g/mol. The molecule has 1 aliphatic heterocycles. The highest BCUT2D eigenvalue weighted by molar-refractivity contribution is 6.04. The van der Waals surface area contributed by atoms with Crippen molar-refractivity contribution < 1.29 is 0 Å². The molecule has 122 valence electrons. The zero-order chi connectivity index (χ0) is 16.5. The van der Waals surface area contributed by atoms with Crippen molar-refractivity contribution in [1.29, 1.82) is 0 Å². The molecule has 0 spiro atoms. The summed E-state index contributed by atoms with van der Waals surface area (Å²) in [6, 6.07) is 15.1. The highest BCUT2D eigenvalue weighted by Crippen LogP contribution is 2.38. The fourth-order valence-electron chi connectivity index (χ4n) is 3.35. The van der Waals surface area contributed by atoms with Crippen LogP contribution in [0.4, 0.5) is 11.5 Å². The first-order valence-corrected chi connectivity index (χ1v) is 8.37. The molecule has 0 unspecified atom stereocenters. The highest BCUT2D eigenvalue weighted by atomic mass is 15.0. The quantitative estimate of drug-likeness (QED) is 0.593. The molecular formula is C20H22N4. The predicted octanol–water partition coefficient (Wildman–Crippen LogP) is 3.70. The van der Waals surface area contributed by atoms with Crippen LogP contribution in [0.3, 0.4) is 0 Å². The van der Waals surface area contributed by atoms with E-state index in [9.17, 15) is 0 Å². The maximum atomic E-state index is 5.60. The van der Waals surface area contributed by atoms with E-state index in [4.69, 9.17) is 5.73 Å². The first-order valence-electron chi connectivity index (χ1n) is 8.37. The van der Waals surface area contributed by atoms with Crippen molar-refractivity contribution in [2.24, 2.45) is 5.73 Å². The summed E-state index contributed by atoms with van der Waals surface area (Å²) in [6.45, 7) is 4.37. The van der Waals surface area contributed by atoms with Gasteiger partial charge in [0.2, 0.25) is 0 Å². The van der Waals surface area contributed by atoms with E-state index in [0.717, 1.165) is 24.6 Å². The van der Waals surface area contributed by atoms with Crippen molar-refractivity contribution >= 4 is 28.0 Å². The first kappa shape index (κ1) is 14.8. The lowest BCUT2D eigenvalue weighted by Crippen LogP contribution is -2.13. The van der Waals surface area contributed by atoms with Gasteiger partial charge in [-0.3, -0.25) is 0 Å². The number of anilines is 2. The Morgan fingerprint density at radius 2 is 2.08 bits per heavy atom. The van der Waals surface area contributed by atoms with Gasteiger partial charge in [0.1, 0.15) is 5.82 Å². The number of aryl methyl sites for hydroxylation is 1. The van der Waals surface area contributed by atoms with Crippen molar-refractivity contribution in [3.8, 4) is 0 Å². The fourth-order valence-corrected chi connectivity index (χ4v) is 3.35. The van der Waals surface area contributed by atoms with E-state index in [0.29, 0.717) is 6.54 Å². The zero-order valence-electron chi connectivity index (χ0n) is 13.8. The topological polar surface area (TPSA) is 65.9 Å². The van der Waals surface area contributed by atoms with Crippen LogP contribution in [-0.4, -0.2) is 24.6 Å². The number of benzene rings is 2. The van der Waals surface area contributed by atoms with Gasteiger partial charge in [-0.2, -0.15) is 0 Å². The normalized spacial score (nSPS) is 13.3. The molecule has 3 aromatic rings. The van der Waals surface area contributed by atoms with Gasteiger partial charge >= 0.3 is 0 Å². The third kappa shape index (κ3) is 2.55. The number of hydrogen-bond acceptors (Lipinski definition) is 3. The van der Waals surface area contributed by atoms with Gasteiger partial charge in [0.05, 0.1) is 0 Å². The van der Waals surface area contributed by atoms with Crippen molar-refractivity contribution in [1.82, 2.24) is 4.98 Å². The number of nitrogens with two attached hydrogens (primary N) is 1. The van der Waals surface area contributed by atoms with Gasteiger partial charge in [-0.15, -0.1) is 0 Å². The van der Waals surface area contributed by atoms with Gasteiger partial charge in [-0.25, -0.2) is 0 Å². The summed E-state index contributed by atoms with van der Waals surface area (Å²) in [5.74, 6) is 1.11. The summed E-state index contributed by atoms with van der Waals surface area (Å²) in [7, 11) is 0. The van der Waals surface area contributed by atoms with Crippen LogP contribution in [-0.2, 0) is 0 Å². The second kappa shape index (κ2) is 6.06. The third-order valence-electron chi connectivity index (χ3n) is 4.46. The molecule has 0 amide bonds. The number of aromatic nitrogens is 1. The lowest BCUT2D eigenvalue weighted by Gasteiger charge is -2.17. The van der Waals surface area contributed by atoms with E-state index in [1.165, 1.54) is 33.2 Å². The number of fused-ring (bicyclic) bond motifs is 3. The first-order chi connectivity index (χ1) is 11.8. The van der Waals surface area contributed by atoms with E-state index >= 15 is 0 Å². The average molecular weight is 318 g/mol. The van der Waals surface area contributed by atoms with Gasteiger partial charge in [-0.05, 0) is 42.3 Å². The molecule has 0 fully saturated rings. The van der Waals surface area contributed by atoms with Gasteiger partial charge in [-0.1, -0.05) is 29.8 Å². The van der Waals surface area contributed by atoms with E-state index in [1.807, 2.05) is 0 Å². The summed E-state index contributed by atoms with van der Waals surface area (Å²) < 4.78 is 0. The molecule has 0 saturated heterocycles.